The topological polar surface area (TPSA) is 80.6 Å². The van der Waals surface area contributed by atoms with E-state index in [0.29, 0.717) is 31.2 Å². The van der Waals surface area contributed by atoms with Gasteiger partial charge in [-0.25, -0.2) is 4.79 Å². The van der Waals surface area contributed by atoms with Crippen LogP contribution < -0.4 is 10.6 Å². The van der Waals surface area contributed by atoms with Crippen LogP contribution in [0, 0.1) is 0 Å². The molecule has 1 atom stereocenters. The van der Waals surface area contributed by atoms with Gasteiger partial charge in [0.15, 0.2) is 0 Å². The van der Waals surface area contributed by atoms with Crippen LogP contribution in [0.2, 0.25) is 0 Å². The molecule has 23 heavy (non-hydrogen) atoms. The molecule has 0 radical (unpaired) electrons. The molecule has 124 valence electrons. The van der Waals surface area contributed by atoms with Gasteiger partial charge in [0.2, 0.25) is 0 Å². The molecule has 2 amide bonds. The van der Waals surface area contributed by atoms with Crippen molar-refractivity contribution >= 4 is 22.5 Å². The van der Waals surface area contributed by atoms with Crippen LogP contribution in [0.5, 0.6) is 0 Å². The second kappa shape index (κ2) is 9.12. The van der Waals surface area contributed by atoms with Crippen LogP contribution in [0.15, 0.2) is 47.1 Å². The molecule has 6 nitrogen and oxygen atoms in total. The van der Waals surface area contributed by atoms with Crippen molar-refractivity contribution in [3.63, 3.8) is 0 Å². The highest BCUT2D eigenvalue weighted by Crippen LogP contribution is 2.12. The Balaban J connectivity index is 1.77. The number of nitrogens with one attached hydrogen (secondary N) is 2. The average molecular weight is 336 g/mol. The van der Waals surface area contributed by atoms with Crippen molar-refractivity contribution < 1.29 is 18.2 Å². The minimum atomic E-state index is -0.916. The van der Waals surface area contributed by atoms with E-state index in [1.165, 1.54) is 0 Å². The van der Waals surface area contributed by atoms with Gasteiger partial charge < -0.3 is 19.8 Å². The second-order valence-corrected chi connectivity index (χ2v) is 6.49. The molecule has 1 heterocycles. The zero-order valence-electron chi connectivity index (χ0n) is 12.9. The first-order valence-electron chi connectivity index (χ1n) is 7.17. The normalized spacial score (nSPS) is 11.9. The Hall–Kier alpha value is -2.12. The summed E-state index contributed by atoms with van der Waals surface area (Å²) in [6, 6.07) is 10.8. The van der Waals surface area contributed by atoms with E-state index in [2.05, 4.69) is 10.6 Å². The zero-order chi connectivity index (χ0) is 16.5. The average Bonchev–Trinajstić information content (AvgIpc) is 3.00. The van der Waals surface area contributed by atoms with Crippen LogP contribution in [-0.4, -0.2) is 28.8 Å². The fourth-order valence-electron chi connectivity index (χ4n) is 1.89. The number of urea groups is 1. The largest absolute Gasteiger partial charge is 0.467 e. The fraction of sp³-hybridized carbons (Fsp3) is 0.312. The molecule has 0 spiro atoms. The lowest BCUT2D eigenvalue weighted by molar-refractivity contribution is 0.0930. The molecule has 2 rings (SSSR count). The zero-order valence-corrected chi connectivity index (χ0v) is 13.7. The van der Waals surface area contributed by atoms with Crippen LogP contribution in [0.4, 0.5) is 10.5 Å². The van der Waals surface area contributed by atoms with Crippen molar-refractivity contribution in [3.05, 3.63) is 54.0 Å². The van der Waals surface area contributed by atoms with Gasteiger partial charge in [-0.05, 0) is 29.8 Å². The van der Waals surface area contributed by atoms with Crippen LogP contribution in [-0.2, 0) is 28.8 Å². The van der Waals surface area contributed by atoms with Crippen molar-refractivity contribution in [3.8, 4) is 0 Å². The van der Waals surface area contributed by atoms with Gasteiger partial charge in [-0.2, -0.15) is 0 Å². The number of ether oxygens (including phenoxy) is 1. The minimum absolute atomic E-state index is 0.316. The van der Waals surface area contributed by atoms with E-state index in [1.54, 1.807) is 18.6 Å². The van der Waals surface area contributed by atoms with Crippen molar-refractivity contribution in [1.29, 1.82) is 0 Å². The predicted molar refractivity (Wildman–Crippen MR) is 89.6 cm³/mol. The number of hydrogen-bond acceptors (Lipinski definition) is 4. The highest BCUT2D eigenvalue weighted by molar-refractivity contribution is 7.84. The number of carbonyl (C=O) groups is 1. The summed E-state index contributed by atoms with van der Waals surface area (Å²) in [6.07, 6.45) is 3.21. The first-order valence-corrected chi connectivity index (χ1v) is 8.90. The van der Waals surface area contributed by atoms with Gasteiger partial charge in [0.05, 0.1) is 12.9 Å². The van der Waals surface area contributed by atoms with Gasteiger partial charge in [-0.15, -0.1) is 0 Å². The number of hydrogen-bond donors (Lipinski definition) is 2. The third kappa shape index (κ3) is 6.66. The molecule has 0 bridgehead atoms. The smallest absolute Gasteiger partial charge is 0.319 e. The number of amides is 2. The second-order valence-electron chi connectivity index (χ2n) is 4.93. The molecule has 0 aliphatic carbocycles. The van der Waals surface area contributed by atoms with Crippen molar-refractivity contribution in [2.45, 2.75) is 13.2 Å². The molecule has 2 N–H and O–H groups in total. The summed E-state index contributed by atoms with van der Waals surface area (Å²) in [5, 5.41) is 5.39. The van der Waals surface area contributed by atoms with Gasteiger partial charge in [0.1, 0.15) is 12.4 Å². The predicted octanol–water partition coefficient (Wildman–Crippen LogP) is 2.50. The third-order valence-corrected chi connectivity index (χ3v) is 3.73. The van der Waals surface area contributed by atoms with Crippen molar-refractivity contribution in [2.24, 2.45) is 0 Å². The lowest BCUT2D eigenvalue weighted by Gasteiger charge is -2.09. The number of rotatable bonds is 8. The summed E-state index contributed by atoms with van der Waals surface area (Å²) in [7, 11) is -0.916. The fourth-order valence-corrected chi connectivity index (χ4v) is 2.28. The maximum absolute atomic E-state index is 11.7. The summed E-state index contributed by atoms with van der Waals surface area (Å²) in [5.74, 6) is 1.21. The Bertz CT molecular complexity index is 643. The number of anilines is 1. The lowest BCUT2D eigenvalue weighted by Crippen LogP contribution is -2.31. The van der Waals surface area contributed by atoms with E-state index in [4.69, 9.17) is 9.15 Å². The van der Waals surface area contributed by atoms with Gasteiger partial charge in [0.25, 0.3) is 0 Å². The Morgan fingerprint density at radius 3 is 2.87 bits per heavy atom. The minimum Gasteiger partial charge on any atom is -0.467 e. The molecule has 0 fully saturated rings. The SMILES string of the molecule is C[S@](=O)CCNC(=O)Nc1cccc(COCc2ccco2)c1. The van der Waals surface area contributed by atoms with E-state index in [0.717, 1.165) is 11.3 Å². The van der Waals surface area contributed by atoms with E-state index in [1.807, 2.05) is 30.3 Å². The van der Waals surface area contributed by atoms with E-state index < -0.39 is 10.8 Å². The molecule has 0 unspecified atom stereocenters. The Kier molecular flexibility index (Phi) is 6.83. The molecule has 0 saturated heterocycles. The summed E-state index contributed by atoms with van der Waals surface area (Å²) in [5.41, 5.74) is 1.63. The maximum atomic E-state index is 11.7. The molecule has 7 heteroatoms. The van der Waals surface area contributed by atoms with Crippen LogP contribution in [0.25, 0.3) is 0 Å². The van der Waals surface area contributed by atoms with Crippen LogP contribution >= 0.6 is 0 Å². The van der Waals surface area contributed by atoms with E-state index in [9.17, 15) is 9.00 Å². The third-order valence-electron chi connectivity index (χ3n) is 2.95. The Morgan fingerprint density at radius 1 is 1.26 bits per heavy atom. The number of benzene rings is 1. The van der Waals surface area contributed by atoms with Crippen molar-refractivity contribution in [2.75, 3.05) is 23.9 Å². The number of carbonyl (C=O) groups excluding carboxylic acids is 1. The quantitative estimate of drug-likeness (QED) is 0.776. The standard InChI is InChI=1S/C16H20N2O4S/c1-23(20)9-7-17-16(19)18-14-5-2-4-13(10-14)11-21-12-15-6-3-8-22-15/h2-6,8,10H,7,9,11-12H2,1H3,(H2,17,18,19)/t23-/m0/s1. The molecule has 1 aromatic heterocycles. The highest BCUT2D eigenvalue weighted by atomic mass is 32.2. The van der Waals surface area contributed by atoms with Crippen LogP contribution in [0.3, 0.4) is 0 Å². The van der Waals surface area contributed by atoms with Gasteiger partial charge in [-0.3, -0.25) is 4.21 Å². The van der Waals surface area contributed by atoms with Crippen molar-refractivity contribution in [1.82, 2.24) is 5.32 Å². The molecule has 0 aliphatic rings. The molecular formula is C16H20N2O4S. The monoisotopic (exact) mass is 336 g/mol. The molecular weight excluding hydrogens is 316 g/mol. The first kappa shape index (κ1) is 17.2. The van der Waals surface area contributed by atoms with Gasteiger partial charge in [-0.1, -0.05) is 12.1 Å². The Labute approximate surface area is 137 Å². The highest BCUT2D eigenvalue weighted by Gasteiger charge is 2.03. The molecule has 2 aromatic rings. The summed E-state index contributed by atoms with van der Waals surface area (Å²) in [6.45, 7) is 1.20. The molecule has 0 saturated carbocycles. The Morgan fingerprint density at radius 2 is 2.13 bits per heavy atom. The van der Waals surface area contributed by atoms with E-state index in [-0.39, 0.29) is 6.03 Å². The van der Waals surface area contributed by atoms with Crippen LogP contribution in [0.1, 0.15) is 11.3 Å². The summed E-state index contributed by atoms with van der Waals surface area (Å²) < 4.78 is 21.7. The molecule has 0 aliphatic heterocycles. The first-order chi connectivity index (χ1) is 11.1. The molecule has 1 aromatic carbocycles. The summed E-state index contributed by atoms with van der Waals surface area (Å²) in [4.78, 5) is 11.7. The lowest BCUT2D eigenvalue weighted by atomic mass is 10.2. The summed E-state index contributed by atoms with van der Waals surface area (Å²) >= 11 is 0. The van der Waals surface area contributed by atoms with E-state index >= 15 is 0 Å². The van der Waals surface area contributed by atoms with Gasteiger partial charge >= 0.3 is 6.03 Å². The maximum Gasteiger partial charge on any atom is 0.319 e. The van der Waals surface area contributed by atoms with Gasteiger partial charge in [0, 0.05) is 35.0 Å². The number of furan rings is 1.